The Balaban J connectivity index is 2.09. The molecule has 1 atom stereocenters. The number of nitrogens with zero attached hydrogens (tertiary/aromatic N) is 4. The minimum Gasteiger partial charge on any atom is -0.362 e. The third-order valence-electron chi connectivity index (χ3n) is 3.44. The van der Waals surface area contributed by atoms with Crippen LogP contribution in [0.25, 0.3) is 0 Å². The van der Waals surface area contributed by atoms with Crippen molar-refractivity contribution in [2.75, 3.05) is 0 Å². The van der Waals surface area contributed by atoms with Gasteiger partial charge in [0.05, 0.1) is 23.0 Å². The summed E-state index contributed by atoms with van der Waals surface area (Å²) in [6, 6.07) is 0. The monoisotopic (exact) mass is 338 g/mol. The quantitative estimate of drug-likeness (QED) is 0.916. The molecule has 0 aliphatic carbocycles. The maximum Gasteiger partial charge on any atom is 0.438 e. The maximum atomic E-state index is 12.9. The largest absolute Gasteiger partial charge is 0.438 e. The molecule has 1 aromatic heterocycles. The van der Waals surface area contributed by atoms with Gasteiger partial charge in [-0.25, -0.2) is 0 Å². The number of halogens is 4. The zero-order chi connectivity index (χ0) is 16.7. The normalized spacial score (nSPS) is 21.7. The molecule has 0 radical (unpaired) electrons. The summed E-state index contributed by atoms with van der Waals surface area (Å²) in [5.74, 6) is -0.947. The Morgan fingerprint density at radius 1 is 1.50 bits per heavy atom. The number of aryl methyl sites for hydroxylation is 2. The summed E-state index contributed by atoms with van der Waals surface area (Å²) in [4.78, 5) is 12.0. The van der Waals surface area contributed by atoms with Gasteiger partial charge >= 0.3 is 6.18 Å². The molecule has 6 nitrogen and oxygen atoms in total. The molecule has 10 heteroatoms. The lowest BCUT2D eigenvalue weighted by atomic mass is 10.1. The summed E-state index contributed by atoms with van der Waals surface area (Å²) in [7, 11) is 0. The van der Waals surface area contributed by atoms with Crippen molar-refractivity contribution in [3.05, 3.63) is 16.4 Å². The Kier molecular flexibility index (Phi) is 4.22. The molecule has 2 heterocycles. The number of alkyl halides is 3. The van der Waals surface area contributed by atoms with Gasteiger partial charge in [0.2, 0.25) is 5.91 Å². The molecule has 122 valence electrons. The first-order valence-electron chi connectivity index (χ1n) is 6.42. The van der Waals surface area contributed by atoms with E-state index in [4.69, 9.17) is 11.6 Å². The second-order valence-electron chi connectivity index (χ2n) is 4.98. The number of aliphatic hydroxyl groups is 1. The Labute approximate surface area is 129 Å². The highest BCUT2D eigenvalue weighted by Crippen LogP contribution is 2.38. The van der Waals surface area contributed by atoms with Gasteiger partial charge in [0.25, 0.3) is 5.72 Å². The Bertz CT molecular complexity index is 629. The van der Waals surface area contributed by atoms with Gasteiger partial charge in [-0.05, 0) is 13.8 Å². The molecule has 22 heavy (non-hydrogen) atoms. The summed E-state index contributed by atoms with van der Waals surface area (Å²) in [5, 5.41) is 17.6. The van der Waals surface area contributed by atoms with E-state index in [-0.39, 0.29) is 18.0 Å². The minimum absolute atomic E-state index is 0.0399. The van der Waals surface area contributed by atoms with Crippen molar-refractivity contribution in [1.29, 1.82) is 0 Å². The molecule has 0 aromatic carbocycles. The zero-order valence-corrected chi connectivity index (χ0v) is 12.6. The SMILES string of the molecule is Cc1nn(CCC(=O)N2N=CCC2(O)C(F)(F)F)c(C)c1Cl. The van der Waals surface area contributed by atoms with Crippen LogP contribution in [0.15, 0.2) is 5.10 Å². The fraction of sp³-hybridized carbons (Fsp3) is 0.583. The zero-order valence-electron chi connectivity index (χ0n) is 11.9. The Morgan fingerprint density at radius 3 is 2.64 bits per heavy atom. The number of hydrogen-bond donors (Lipinski definition) is 1. The van der Waals surface area contributed by atoms with Crippen LogP contribution in [0, 0.1) is 13.8 Å². The van der Waals surface area contributed by atoms with Crippen LogP contribution in [-0.4, -0.2) is 43.9 Å². The minimum atomic E-state index is -4.99. The van der Waals surface area contributed by atoms with Gasteiger partial charge in [0.15, 0.2) is 0 Å². The highest BCUT2D eigenvalue weighted by Gasteiger charge is 2.61. The highest BCUT2D eigenvalue weighted by atomic mass is 35.5. The average molecular weight is 339 g/mol. The predicted octanol–water partition coefficient (Wildman–Crippen LogP) is 2.01. The predicted molar refractivity (Wildman–Crippen MR) is 72.3 cm³/mol. The van der Waals surface area contributed by atoms with E-state index in [1.54, 1.807) is 13.8 Å². The van der Waals surface area contributed by atoms with Gasteiger partial charge < -0.3 is 5.11 Å². The van der Waals surface area contributed by atoms with E-state index in [1.807, 2.05) is 0 Å². The molecule has 2 rings (SSSR count). The summed E-state index contributed by atoms with van der Waals surface area (Å²) in [5.41, 5.74) is -2.10. The molecule has 1 N–H and O–H groups in total. The summed E-state index contributed by atoms with van der Waals surface area (Å²) < 4.78 is 40.1. The number of hydrazone groups is 1. The van der Waals surface area contributed by atoms with Crippen LogP contribution < -0.4 is 0 Å². The van der Waals surface area contributed by atoms with Crippen LogP contribution in [0.3, 0.4) is 0 Å². The van der Waals surface area contributed by atoms with E-state index >= 15 is 0 Å². The van der Waals surface area contributed by atoms with Crippen molar-refractivity contribution in [3.63, 3.8) is 0 Å². The first-order chi connectivity index (χ1) is 10.1. The number of carbonyl (C=O) groups is 1. The third kappa shape index (κ3) is 2.70. The van der Waals surface area contributed by atoms with Crippen molar-refractivity contribution in [1.82, 2.24) is 14.8 Å². The smallest absolute Gasteiger partial charge is 0.362 e. The van der Waals surface area contributed by atoms with Crippen LogP contribution in [0.5, 0.6) is 0 Å². The molecule has 1 unspecified atom stereocenters. The van der Waals surface area contributed by atoms with E-state index in [0.717, 1.165) is 6.21 Å². The lowest BCUT2D eigenvalue weighted by Crippen LogP contribution is -2.56. The topological polar surface area (TPSA) is 70.7 Å². The third-order valence-corrected chi connectivity index (χ3v) is 3.99. The molecule has 1 aliphatic heterocycles. The lowest BCUT2D eigenvalue weighted by molar-refractivity contribution is -0.302. The summed E-state index contributed by atoms with van der Waals surface area (Å²) >= 11 is 5.95. The Morgan fingerprint density at radius 2 is 2.14 bits per heavy atom. The van der Waals surface area contributed by atoms with Crippen molar-refractivity contribution < 1.29 is 23.1 Å². The highest BCUT2D eigenvalue weighted by molar-refractivity contribution is 6.31. The number of hydrogen-bond acceptors (Lipinski definition) is 4. The maximum absolute atomic E-state index is 12.9. The van der Waals surface area contributed by atoms with Crippen LogP contribution >= 0.6 is 11.6 Å². The molecule has 0 saturated heterocycles. The number of aromatic nitrogens is 2. The molecule has 0 fully saturated rings. The van der Waals surface area contributed by atoms with E-state index in [2.05, 4.69) is 10.2 Å². The van der Waals surface area contributed by atoms with Crippen molar-refractivity contribution in [3.8, 4) is 0 Å². The molecule has 1 aliphatic rings. The van der Waals surface area contributed by atoms with E-state index in [0.29, 0.717) is 16.4 Å². The van der Waals surface area contributed by atoms with Gasteiger partial charge in [-0.15, -0.1) is 0 Å². The van der Waals surface area contributed by atoms with Crippen LogP contribution in [0.4, 0.5) is 13.2 Å². The first kappa shape index (κ1) is 16.8. The van der Waals surface area contributed by atoms with Crippen molar-refractivity contribution in [2.45, 2.75) is 45.1 Å². The summed E-state index contributed by atoms with van der Waals surface area (Å²) in [6.07, 6.45) is -5.20. The summed E-state index contributed by atoms with van der Waals surface area (Å²) in [6.45, 7) is 3.41. The second-order valence-corrected chi connectivity index (χ2v) is 5.36. The van der Waals surface area contributed by atoms with Gasteiger partial charge in [0, 0.05) is 19.1 Å². The first-order valence-corrected chi connectivity index (χ1v) is 6.80. The standard InChI is InChI=1S/C12H14ClF3N4O2/c1-7-10(13)8(2)19(18-7)6-3-9(21)20-11(22,4-5-17-20)12(14,15)16/h5,22H,3-4,6H2,1-2H3. The number of amides is 1. The number of rotatable bonds is 3. The van der Waals surface area contributed by atoms with Gasteiger partial charge in [-0.2, -0.15) is 28.4 Å². The van der Waals surface area contributed by atoms with Crippen LogP contribution in [0.2, 0.25) is 5.02 Å². The molecule has 0 bridgehead atoms. The second kappa shape index (κ2) is 5.54. The molecular formula is C12H14ClF3N4O2. The molecule has 0 saturated carbocycles. The van der Waals surface area contributed by atoms with E-state index < -0.39 is 24.2 Å². The average Bonchev–Trinajstić information content (AvgIpc) is 2.93. The molecule has 1 amide bonds. The molecular weight excluding hydrogens is 325 g/mol. The molecule has 1 aromatic rings. The van der Waals surface area contributed by atoms with Crippen LogP contribution in [0.1, 0.15) is 24.2 Å². The van der Waals surface area contributed by atoms with E-state index in [9.17, 15) is 23.1 Å². The van der Waals surface area contributed by atoms with Gasteiger partial charge in [-0.3, -0.25) is 9.48 Å². The van der Waals surface area contributed by atoms with Crippen LogP contribution in [-0.2, 0) is 11.3 Å². The van der Waals surface area contributed by atoms with Crippen molar-refractivity contribution in [2.24, 2.45) is 5.10 Å². The van der Waals surface area contributed by atoms with Crippen molar-refractivity contribution >= 4 is 23.7 Å². The molecule has 0 spiro atoms. The fourth-order valence-corrected chi connectivity index (χ4v) is 2.27. The van der Waals surface area contributed by atoms with Gasteiger partial charge in [0.1, 0.15) is 0 Å². The Hall–Kier alpha value is -1.61. The number of carbonyl (C=O) groups excluding carboxylic acids is 1. The lowest BCUT2D eigenvalue weighted by Gasteiger charge is -2.32. The fourth-order valence-electron chi connectivity index (χ4n) is 2.14. The van der Waals surface area contributed by atoms with Gasteiger partial charge in [-0.1, -0.05) is 11.6 Å². The van der Waals surface area contributed by atoms with E-state index in [1.165, 1.54) is 4.68 Å².